The Labute approximate surface area is 96.6 Å². The highest BCUT2D eigenvalue weighted by atomic mass is 32.2. The molecule has 2 unspecified atom stereocenters. The van der Waals surface area contributed by atoms with Crippen LogP contribution >= 0.6 is 0 Å². The number of rotatable bonds is 4. The first kappa shape index (κ1) is 13.0. The number of nitrogen functional groups attached to an aromatic ring is 1. The lowest BCUT2D eigenvalue weighted by atomic mass is 10.1. The molecular weight excluding hydrogens is 224 g/mol. The van der Waals surface area contributed by atoms with Crippen LogP contribution in [0.4, 0.5) is 5.69 Å². The largest absolute Gasteiger partial charge is 0.399 e. The van der Waals surface area contributed by atoms with Gasteiger partial charge in [0.2, 0.25) is 0 Å². The molecule has 4 nitrogen and oxygen atoms in total. The van der Waals surface area contributed by atoms with Gasteiger partial charge in [0.15, 0.2) is 9.84 Å². The van der Waals surface area contributed by atoms with E-state index in [2.05, 4.69) is 0 Å². The van der Waals surface area contributed by atoms with Gasteiger partial charge in [0.25, 0.3) is 0 Å². The van der Waals surface area contributed by atoms with Gasteiger partial charge in [-0.05, 0) is 24.6 Å². The molecule has 0 amide bonds. The third-order valence-electron chi connectivity index (χ3n) is 2.80. The van der Waals surface area contributed by atoms with Crippen LogP contribution in [0, 0.1) is 0 Å². The second-order valence-corrected chi connectivity index (χ2v) is 6.50. The fourth-order valence-corrected chi connectivity index (χ4v) is 2.61. The molecular formula is C11H18N2O2S. The molecule has 16 heavy (non-hydrogen) atoms. The molecule has 0 heterocycles. The number of sulfone groups is 1. The Bertz CT molecular complexity index is 440. The van der Waals surface area contributed by atoms with Crippen molar-refractivity contribution in [1.29, 1.82) is 0 Å². The normalized spacial score (nSPS) is 15.7. The van der Waals surface area contributed by atoms with E-state index in [0.717, 1.165) is 5.56 Å². The molecule has 90 valence electrons. The first-order chi connectivity index (χ1) is 7.38. The molecule has 5 heteroatoms. The van der Waals surface area contributed by atoms with E-state index in [9.17, 15) is 8.42 Å². The molecule has 0 aliphatic carbocycles. The summed E-state index contributed by atoms with van der Waals surface area (Å²) in [6.45, 7) is 3.27. The molecule has 0 aliphatic rings. The molecule has 1 aromatic carbocycles. The number of hydrogen-bond acceptors (Lipinski definition) is 4. The van der Waals surface area contributed by atoms with Gasteiger partial charge in [0.1, 0.15) is 0 Å². The number of anilines is 1. The van der Waals surface area contributed by atoms with Crippen molar-refractivity contribution < 1.29 is 8.42 Å². The monoisotopic (exact) mass is 242 g/mol. The number of nitrogens with two attached hydrogens (primary N) is 2. The van der Waals surface area contributed by atoms with Crippen molar-refractivity contribution in [1.82, 2.24) is 0 Å². The van der Waals surface area contributed by atoms with Crippen LogP contribution in [0.25, 0.3) is 0 Å². The van der Waals surface area contributed by atoms with Gasteiger partial charge in [-0.25, -0.2) is 8.42 Å². The minimum absolute atomic E-state index is 0.108. The summed E-state index contributed by atoms with van der Waals surface area (Å²) in [6, 6.07) is 6.47. The highest BCUT2D eigenvalue weighted by Crippen LogP contribution is 2.21. The maximum absolute atomic E-state index is 11.7. The topological polar surface area (TPSA) is 86.2 Å². The minimum atomic E-state index is -3.11. The van der Waals surface area contributed by atoms with Gasteiger partial charge in [-0.1, -0.05) is 19.1 Å². The first-order valence-corrected chi connectivity index (χ1v) is 6.92. The summed E-state index contributed by atoms with van der Waals surface area (Å²) in [5.74, 6) is 0.108. The van der Waals surface area contributed by atoms with E-state index in [0.29, 0.717) is 5.69 Å². The summed E-state index contributed by atoms with van der Waals surface area (Å²) in [6.07, 6.45) is 0. The Balaban J connectivity index is 2.94. The van der Waals surface area contributed by atoms with Crippen LogP contribution in [0.15, 0.2) is 24.3 Å². The van der Waals surface area contributed by atoms with Crippen molar-refractivity contribution >= 4 is 15.5 Å². The maximum Gasteiger partial charge on any atom is 0.154 e. The van der Waals surface area contributed by atoms with Crippen LogP contribution in [0.1, 0.15) is 25.5 Å². The quantitative estimate of drug-likeness (QED) is 0.774. The average Bonchev–Trinajstić information content (AvgIpc) is 2.28. The third-order valence-corrected chi connectivity index (χ3v) is 5.03. The highest BCUT2D eigenvalue weighted by molar-refractivity contribution is 7.92. The van der Waals surface area contributed by atoms with E-state index in [4.69, 9.17) is 11.5 Å². The average molecular weight is 242 g/mol. The van der Waals surface area contributed by atoms with Gasteiger partial charge in [-0.2, -0.15) is 0 Å². The second-order valence-electron chi connectivity index (χ2n) is 3.85. The Morgan fingerprint density at radius 2 is 1.75 bits per heavy atom. The fraction of sp³-hybridized carbons (Fsp3) is 0.455. The van der Waals surface area contributed by atoms with Crippen LogP contribution in [-0.4, -0.2) is 19.4 Å². The van der Waals surface area contributed by atoms with E-state index in [1.807, 2.05) is 0 Å². The Morgan fingerprint density at radius 3 is 2.19 bits per heavy atom. The van der Waals surface area contributed by atoms with Crippen LogP contribution in [0.2, 0.25) is 0 Å². The van der Waals surface area contributed by atoms with E-state index in [1.165, 1.54) is 0 Å². The van der Waals surface area contributed by atoms with Crippen molar-refractivity contribution in [3.05, 3.63) is 29.8 Å². The van der Waals surface area contributed by atoms with Gasteiger partial charge >= 0.3 is 0 Å². The molecule has 2 atom stereocenters. The molecule has 0 saturated carbocycles. The van der Waals surface area contributed by atoms with Crippen molar-refractivity contribution in [3.63, 3.8) is 0 Å². The molecule has 0 fully saturated rings. The molecule has 0 spiro atoms. The minimum Gasteiger partial charge on any atom is -0.399 e. The molecule has 0 saturated heterocycles. The summed E-state index contributed by atoms with van der Waals surface area (Å²) in [7, 11) is -3.11. The molecule has 0 bridgehead atoms. The van der Waals surface area contributed by atoms with Crippen molar-refractivity contribution in [2.45, 2.75) is 25.1 Å². The van der Waals surface area contributed by atoms with Gasteiger partial charge in [0, 0.05) is 17.5 Å². The highest BCUT2D eigenvalue weighted by Gasteiger charge is 2.26. The lowest BCUT2D eigenvalue weighted by Crippen LogP contribution is -2.32. The van der Waals surface area contributed by atoms with Gasteiger partial charge < -0.3 is 11.5 Å². The van der Waals surface area contributed by atoms with Crippen LogP contribution < -0.4 is 11.5 Å². The van der Waals surface area contributed by atoms with E-state index < -0.39 is 21.1 Å². The predicted octanol–water partition coefficient (Wildman–Crippen LogP) is 1.09. The fourth-order valence-electron chi connectivity index (χ4n) is 1.48. The zero-order valence-electron chi connectivity index (χ0n) is 9.55. The summed E-state index contributed by atoms with van der Waals surface area (Å²) < 4.78 is 23.4. The van der Waals surface area contributed by atoms with Crippen molar-refractivity contribution in [3.8, 4) is 0 Å². The molecule has 1 aromatic rings. The SMILES string of the molecule is CCS(=O)(=O)C(C)C(N)c1ccc(N)cc1. The summed E-state index contributed by atoms with van der Waals surface area (Å²) in [4.78, 5) is 0. The Morgan fingerprint density at radius 1 is 1.25 bits per heavy atom. The van der Waals surface area contributed by atoms with Gasteiger partial charge in [-0.15, -0.1) is 0 Å². The number of benzene rings is 1. The second kappa shape index (κ2) is 4.84. The zero-order chi connectivity index (χ0) is 12.3. The molecule has 0 aromatic heterocycles. The van der Waals surface area contributed by atoms with Gasteiger partial charge in [-0.3, -0.25) is 0 Å². The predicted molar refractivity (Wildman–Crippen MR) is 66.7 cm³/mol. The zero-order valence-corrected chi connectivity index (χ0v) is 10.4. The van der Waals surface area contributed by atoms with Crippen LogP contribution in [-0.2, 0) is 9.84 Å². The third kappa shape index (κ3) is 2.74. The summed E-state index contributed by atoms with van der Waals surface area (Å²) in [5, 5.41) is -0.582. The molecule has 0 aliphatic heterocycles. The molecule has 0 radical (unpaired) electrons. The first-order valence-electron chi connectivity index (χ1n) is 5.21. The maximum atomic E-state index is 11.7. The van der Waals surface area contributed by atoms with E-state index >= 15 is 0 Å². The number of hydrogen-bond donors (Lipinski definition) is 2. The Hall–Kier alpha value is -1.07. The van der Waals surface area contributed by atoms with E-state index in [1.54, 1.807) is 38.1 Å². The smallest absolute Gasteiger partial charge is 0.154 e. The standard InChI is InChI=1S/C11H18N2O2S/c1-3-16(14,15)8(2)11(13)9-4-6-10(12)7-5-9/h4-8,11H,3,12-13H2,1-2H3. The van der Waals surface area contributed by atoms with Crippen LogP contribution in [0.3, 0.4) is 0 Å². The Kier molecular flexibility index (Phi) is 3.93. The van der Waals surface area contributed by atoms with Crippen molar-refractivity contribution in [2.75, 3.05) is 11.5 Å². The lowest BCUT2D eigenvalue weighted by Gasteiger charge is -2.20. The van der Waals surface area contributed by atoms with Crippen LogP contribution in [0.5, 0.6) is 0 Å². The van der Waals surface area contributed by atoms with Gasteiger partial charge in [0.05, 0.1) is 5.25 Å². The van der Waals surface area contributed by atoms with Crippen molar-refractivity contribution in [2.24, 2.45) is 5.73 Å². The molecule has 4 N–H and O–H groups in total. The lowest BCUT2D eigenvalue weighted by molar-refractivity contribution is 0.566. The summed E-state index contributed by atoms with van der Waals surface area (Å²) in [5.41, 5.74) is 12.9. The molecule has 1 rings (SSSR count). The summed E-state index contributed by atoms with van der Waals surface area (Å²) >= 11 is 0. The van der Waals surface area contributed by atoms with E-state index in [-0.39, 0.29) is 5.75 Å².